The van der Waals surface area contributed by atoms with Crippen molar-refractivity contribution >= 4 is 41.6 Å². The molecule has 0 bridgehead atoms. The molecule has 0 amide bonds. The number of rotatable bonds is 16. The van der Waals surface area contributed by atoms with Crippen molar-refractivity contribution in [2.45, 2.75) is 76.7 Å². The van der Waals surface area contributed by atoms with E-state index in [-0.39, 0.29) is 17.6 Å². The number of nitrogens with zero attached hydrogens (tertiary/aromatic N) is 1. The predicted octanol–water partition coefficient (Wildman–Crippen LogP) is 14.0. The van der Waals surface area contributed by atoms with E-state index in [9.17, 15) is 9.11 Å². The van der Waals surface area contributed by atoms with Gasteiger partial charge in [0.25, 0.3) is 0 Å². The van der Waals surface area contributed by atoms with Crippen LogP contribution in [0.15, 0.2) is 208 Å². The molecule has 448 valence electrons. The third-order valence-corrected chi connectivity index (χ3v) is 14.8. The van der Waals surface area contributed by atoms with Gasteiger partial charge in [-0.15, -0.1) is 12.3 Å². The first-order valence-electron chi connectivity index (χ1n) is 27.3. The number of methoxy groups -OCH3 is 4. The molecule has 0 saturated heterocycles. The van der Waals surface area contributed by atoms with E-state index in [1.165, 1.54) is 30.5 Å². The molecule has 8 aromatic carbocycles. The highest BCUT2D eigenvalue weighted by atomic mass is 32.2. The topological polar surface area (TPSA) is 204 Å². The van der Waals surface area contributed by atoms with Crippen LogP contribution in [0.4, 0.5) is 0 Å². The maximum absolute atomic E-state index is 12.4. The predicted molar refractivity (Wildman–Crippen MR) is 342 cm³/mol. The monoisotopic (exact) mass is 1190 g/mol. The number of para-hydroxylation sites is 6. The van der Waals surface area contributed by atoms with Crippen molar-refractivity contribution in [2.24, 2.45) is 22.2 Å². The zero-order valence-electron chi connectivity index (χ0n) is 49.9. The lowest BCUT2D eigenvalue weighted by Gasteiger charge is -2.35. The minimum Gasteiger partial charge on any atom is -0.586 e. The molecule has 0 aromatic heterocycles. The van der Waals surface area contributed by atoms with Crippen LogP contribution in [-0.2, 0) is 27.0 Å². The van der Waals surface area contributed by atoms with Crippen molar-refractivity contribution < 1.29 is 62.0 Å². The van der Waals surface area contributed by atoms with Gasteiger partial charge in [0.1, 0.15) is 40.5 Å². The average molecular weight is 1190 g/mol. The first-order chi connectivity index (χ1) is 40.9. The Morgan fingerprint density at radius 3 is 1.38 bits per heavy atom. The summed E-state index contributed by atoms with van der Waals surface area (Å²) in [6.07, 6.45) is 9.80. The molecule has 5 atom stereocenters. The molecule has 0 spiro atoms. The van der Waals surface area contributed by atoms with Crippen LogP contribution in [0.25, 0.3) is 0 Å². The van der Waals surface area contributed by atoms with E-state index in [0.29, 0.717) is 62.6 Å². The zero-order chi connectivity index (χ0) is 62.1. The van der Waals surface area contributed by atoms with Crippen molar-refractivity contribution in [3.05, 3.63) is 211 Å². The van der Waals surface area contributed by atoms with Gasteiger partial charge in [0, 0.05) is 0 Å². The number of ether oxygens (including phenoxy) is 6. The average Bonchev–Trinajstić information content (AvgIpc) is 3.71. The van der Waals surface area contributed by atoms with E-state index in [0.717, 1.165) is 33.9 Å². The molecule has 8 aromatic rings. The zero-order valence-corrected chi connectivity index (χ0v) is 51.5. The summed E-state index contributed by atoms with van der Waals surface area (Å²) in [5, 5.41) is 34.7. The Hall–Kier alpha value is -8.05. The van der Waals surface area contributed by atoms with Gasteiger partial charge in [-0.1, -0.05) is 116 Å². The second kappa shape index (κ2) is 38.0. The van der Waals surface area contributed by atoms with Crippen LogP contribution in [0.3, 0.4) is 0 Å². The van der Waals surface area contributed by atoms with Crippen LogP contribution in [0, 0.1) is 43.9 Å². The van der Waals surface area contributed by atoms with Crippen LogP contribution in [0.2, 0.25) is 0 Å². The Morgan fingerprint density at radius 1 is 0.565 bits per heavy atom. The van der Waals surface area contributed by atoms with Gasteiger partial charge < -0.3 is 57.8 Å². The third-order valence-electron chi connectivity index (χ3n) is 12.7. The van der Waals surface area contributed by atoms with E-state index in [2.05, 4.69) is 37.5 Å². The van der Waals surface area contributed by atoms with Gasteiger partial charge >= 0.3 is 7.12 Å². The van der Waals surface area contributed by atoms with E-state index in [4.69, 9.17) is 52.9 Å². The quantitative estimate of drug-likeness (QED) is 0.0234. The minimum atomic E-state index is -1.41. The fourth-order valence-corrected chi connectivity index (χ4v) is 9.66. The van der Waals surface area contributed by atoms with Gasteiger partial charge in [0.05, 0.1) is 34.7 Å². The molecule has 0 aliphatic heterocycles. The molecule has 2 unspecified atom stereocenters. The molecule has 1 aliphatic rings. The number of hydrogen-bond donors (Lipinski definition) is 4. The molecule has 1 saturated carbocycles. The number of phenols is 2. The molecule has 14 nitrogen and oxygen atoms in total. The normalized spacial score (nSPS) is 14.5. The number of aryl methyl sites for hydroxylation is 2. The summed E-state index contributed by atoms with van der Waals surface area (Å²) >= 11 is -2.75. The molecule has 0 radical (unpaired) electrons. The number of hydrogen-bond acceptors (Lipinski definition) is 14. The Morgan fingerprint density at radius 2 is 0.965 bits per heavy atom. The lowest BCUT2D eigenvalue weighted by molar-refractivity contribution is 0.0511. The summed E-state index contributed by atoms with van der Waals surface area (Å²) in [4.78, 5) is 1.46. The van der Waals surface area contributed by atoms with Crippen LogP contribution in [-0.4, -0.2) is 77.2 Å². The fraction of sp³-hybridized carbons (Fsp3) is 0.250. The standard InChI is InChI=1S/C21H19NO3S.C17H26O2S.C14H14O3.C7H9BO3.C6H6O2.C3H4/c1-16-7-13-19(14-8-16)26(23)22-15-17-9-11-18(12-10-17)25-21-6-4-3-5-20(21)24-2;1-12(2)16-10-7-14(4)11-17(16)19-20(18)15-8-5-13(3)6-9-15;1-15-11-7-9-12(10-8-11)17-14-6-4-3-5-13(14)16-2;1-11-7-4-2-6(3-5-7)8(9)10;7-5-3-1-2-4-6(5)8;1-3-2/h3-15H,1-2H3;5-6,8-9,12,14,16-17H,7,10-11H2,1-4H3;3-10H,1-2H3;2-5,9-10H,1H3;1-4,7-8H;1H,2H3/t;14-,16+,17-,20?;;;;/m.0..../s1. The van der Waals surface area contributed by atoms with Crippen molar-refractivity contribution in [3.63, 3.8) is 0 Å². The van der Waals surface area contributed by atoms with Crippen LogP contribution < -0.4 is 33.9 Å². The lowest BCUT2D eigenvalue weighted by Crippen LogP contribution is -2.35. The Balaban J connectivity index is 0.000000236. The highest BCUT2D eigenvalue weighted by Crippen LogP contribution is 2.37. The lowest BCUT2D eigenvalue weighted by atomic mass is 9.75. The molecule has 17 heteroatoms. The largest absolute Gasteiger partial charge is 0.586 e. The Bertz CT molecular complexity index is 3180. The number of benzene rings is 8. The van der Waals surface area contributed by atoms with Gasteiger partial charge in [0.15, 0.2) is 55.7 Å². The molecular weight excluding hydrogens is 1110 g/mol. The van der Waals surface area contributed by atoms with Gasteiger partial charge in [-0.25, -0.2) is 0 Å². The maximum Gasteiger partial charge on any atom is 0.488 e. The Labute approximate surface area is 508 Å². The first-order valence-corrected chi connectivity index (χ1v) is 29.5. The number of aromatic hydroxyl groups is 2. The summed E-state index contributed by atoms with van der Waals surface area (Å²) < 4.78 is 66.6. The maximum atomic E-state index is 12.4. The smallest absolute Gasteiger partial charge is 0.488 e. The Kier molecular flexibility index (Phi) is 31.1. The van der Waals surface area contributed by atoms with Gasteiger partial charge in [0.2, 0.25) is 0 Å². The minimum absolute atomic E-state index is 0.0764. The van der Waals surface area contributed by atoms with Gasteiger partial charge in [-0.2, -0.15) is 4.18 Å². The molecule has 0 heterocycles. The van der Waals surface area contributed by atoms with Gasteiger partial charge in [-0.3, -0.25) is 0 Å². The highest BCUT2D eigenvalue weighted by Gasteiger charge is 2.36. The molecular formula is C68H78BNO13S2. The van der Waals surface area contributed by atoms with Crippen LogP contribution in [0.5, 0.6) is 57.5 Å². The molecule has 85 heavy (non-hydrogen) atoms. The molecule has 1 aliphatic carbocycles. The fourth-order valence-electron chi connectivity index (χ4n) is 8.03. The highest BCUT2D eigenvalue weighted by molar-refractivity contribution is 7.90. The molecule has 4 N–H and O–H groups in total. The first kappa shape index (κ1) is 69.4. The molecule has 1 fully saturated rings. The van der Waals surface area contributed by atoms with Crippen molar-refractivity contribution in [2.75, 3.05) is 28.4 Å². The van der Waals surface area contributed by atoms with E-state index >= 15 is 0 Å². The number of terminal acetylenes is 1. The second-order valence-corrected chi connectivity index (χ2v) is 21.8. The van der Waals surface area contributed by atoms with Crippen LogP contribution >= 0.6 is 0 Å². The van der Waals surface area contributed by atoms with E-state index < -0.39 is 29.9 Å². The van der Waals surface area contributed by atoms with Crippen LogP contribution in [0.1, 0.15) is 63.6 Å². The summed E-state index contributed by atoms with van der Waals surface area (Å²) in [6, 6.07) is 57.8. The summed E-state index contributed by atoms with van der Waals surface area (Å²) in [6.45, 7) is 12.4. The summed E-state index contributed by atoms with van der Waals surface area (Å²) in [5.41, 5.74) is 3.61. The summed E-state index contributed by atoms with van der Waals surface area (Å²) in [5.74, 6) is 9.55. The third kappa shape index (κ3) is 25.0. The molecule has 9 rings (SSSR count). The van der Waals surface area contributed by atoms with Crippen molar-refractivity contribution in [1.82, 2.24) is 0 Å². The SMILES string of the molecule is C#CC.COc1ccc(B(O)O)cc1.COc1ccc(Oc2ccccc2OC)cc1.COc1ccccc1Oc1ccc(C=N[S+]([O-])c2ccc(C)cc2)cc1.Cc1ccc([S+]([O-])O[C@H]2C[C@@H](C)CC[C@@H]2C(C)C)cc1.Oc1ccccc1O. The van der Waals surface area contributed by atoms with E-state index in [1.807, 2.05) is 159 Å². The van der Waals surface area contributed by atoms with Crippen molar-refractivity contribution in [1.29, 1.82) is 0 Å². The number of phenolic OH excluding ortho intramolecular Hbond substituents is 2. The van der Waals surface area contributed by atoms with Gasteiger partial charge in [-0.05, 0) is 184 Å². The second-order valence-electron chi connectivity index (χ2n) is 19.5. The van der Waals surface area contributed by atoms with Crippen molar-refractivity contribution in [3.8, 4) is 69.8 Å². The van der Waals surface area contributed by atoms with E-state index in [1.54, 1.807) is 78.0 Å². The summed E-state index contributed by atoms with van der Waals surface area (Å²) in [7, 11) is 5.02.